The zero-order valence-electron chi connectivity index (χ0n) is 6.84. The van der Waals surface area contributed by atoms with Crippen molar-refractivity contribution in [2.75, 3.05) is 0 Å². The number of aryl methyl sites for hydroxylation is 1. The SMILES string of the molecule is Cc1ncc(C2CCCC2)o1. The second-order valence-corrected chi connectivity index (χ2v) is 3.26. The first-order valence-corrected chi connectivity index (χ1v) is 4.28. The highest BCUT2D eigenvalue weighted by molar-refractivity contribution is 5.02. The third-order valence-electron chi connectivity index (χ3n) is 2.40. The fourth-order valence-electron chi connectivity index (χ4n) is 1.78. The van der Waals surface area contributed by atoms with Gasteiger partial charge in [-0.3, -0.25) is 0 Å². The van der Waals surface area contributed by atoms with Gasteiger partial charge in [0.05, 0.1) is 6.20 Å². The van der Waals surface area contributed by atoms with Gasteiger partial charge in [0, 0.05) is 12.8 Å². The van der Waals surface area contributed by atoms with Crippen molar-refractivity contribution in [2.24, 2.45) is 0 Å². The van der Waals surface area contributed by atoms with Gasteiger partial charge in [-0.05, 0) is 12.8 Å². The third-order valence-corrected chi connectivity index (χ3v) is 2.40. The molecule has 2 heteroatoms. The van der Waals surface area contributed by atoms with Gasteiger partial charge in [-0.25, -0.2) is 4.98 Å². The molecule has 0 unspecified atom stereocenters. The van der Waals surface area contributed by atoms with Crippen molar-refractivity contribution in [1.82, 2.24) is 4.98 Å². The van der Waals surface area contributed by atoms with Crippen molar-refractivity contribution in [1.29, 1.82) is 0 Å². The number of aromatic nitrogens is 1. The Labute approximate surface area is 66.6 Å². The molecule has 1 saturated carbocycles. The number of nitrogens with zero attached hydrogens (tertiary/aromatic N) is 1. The van der Waals surface area contributed by atoms with E-state index in [1.165, 1.54) is 25.7 Å². The average Bonchev–Trinajstić information content (AvgIpc) is 2.55. The topological polar surface area (TPSA) is 26.0 Å². The fourth-order valence-corrected chi connectivity index (χ4v) is 1.78. The van der Waals surface area contributed by atoms with Gasteiger partial charge in [0.15, 0.2) is 5.89 Å². The van der Waals surface area contributed by atoms with E-state index in [0.29, 0.717) is 5.92 Å². The maximum Gasteiger partial charge on any atom is 0.191 e. The molecule has 0 radical (unpaired) electrons. The van der Waals surface area contributed by atoms with Crippen LogP contribution >= 0.6 is 0 Å². The van der Waals surface area contributed by atoms with Crippen LogP contribution in [-0.2, 0) is 0 Å². The standard InChI is InChI=1S/C9H13NO/c1-7-10-6-9(11-7)8-4-2-3-5-8/h6,8H,2-5H2,1H3. The lowest BCUT2D eigenvalue weighted by molar-refractivity contribution is 0.439. The van der Waals surface area contributed by atoms with Crippen LogP contribution in [0.3, 0.4) is 0 Å². The first-order chi connectivity index (χ1) is 5.36. The Kier molecular flexibility index (Phi) is 1.68. The highest BCUT2D eigenvalue weighted by Gasteiger charge is 2.19. The molecule has 2 nitrogen and oxygen atoms in total. The Hall–Kier alpha value is -0.790. The first-order valence-electron chi connectivity index (χ1n) is 4.28. The van der Waals surface area contributed by atoms with E-state index < -0.39 is 0 Å². The summed E-state index contributed by atoms with van der Waals surface area (Å²) in [5, 5.41) is 0. The summed E-state index contributed by atoms with van der Waals surface area (Å²) in [4.78, 5) is 4.09. The summed E-state index contributed by atoms with van der Waals surface area (Å²) in [5.74, 6) is 2.56. The van der Waals surface area contributed by atoms with E-state index in [0.717, 1.165) is 11.7 Å². The van der Waals surface area contributed by atoms with Crippen LogP contribution in [0.5, 0.6) is 0 Å². The highest BCUT2D eigenvalue weighted by Crippen LogP contribution is 2.33. The summed E-state index contributed by atoms with van der Waals surface area (Å²) < 4.78 is 5.46. The highest BCUT2D eigenvalue weighted by atomic mass is 16.4. The number of hydrogen-bond acceptors (Lipinski definition) is 2. The van der Waals surface area contributed by atoms with Crippen LogP contribution in [-0.4, -0.2) is 4.98 Å². The van der Waals surface area contributed by atoms with Crippen molar-refractivity contribution in [3.8, 4) is 0 Å². The third kappa shape index (κ3) is 1.30. The largest absolute Gasteiger partial charge is 0.446 e. The molecule has 1 fully saturated rings. The predicted octanol–water partition coefficient (Wildman–Crippen LogP) is 2.64. The molecule has 1 aromatic heterocycles. The molecular weight excluding hydrogens is 138 g/mol. The predicted molar refractivity (Wildman–Crippen MR) is 42.4 cm³/mol. The van der Waals surface area contributed by atoms with Gasteiger partial charge < -0.3 is 4.42 Å². The van der Waals surface area contributed by atoms with Gasteiger partial charge in [-0.1, -0.05) is 12.8 Å². The Morgan fingerprint density at radius 1 is 1.45 bits per heavy atom. The summed E-state index contributed by atoms with van der Waals surface area (Å²) >= 11 is 0. The van der Waals surface area contributed by atoms with Crippen molar-refractivity contribution in [3.63, 3.8) is 0 Å². The summed E-state index contributed by atoms with van der Waals surface area (Å²) in [6.07, 6.45) is 7.16. The average molecular weight is 151 g/mol. The molecule has 60 valence electrons. The molecule has 1 aromatic rings. The first kappa shape index (κ1) is 6.89. The van der Waals surface area contributed by atoms with E-state index in [9.17, 15) is 0 Å². The fraction of sp³-hybridized carbons (Fsp3) is 0.667. The minimum Gasteiger partial charge on any atom is -0.446 e. The lowest BCUT2D eigenvalue weighted by atomic mass is 10.1. The molecule has 1 aliphatic carbocycles. The quantitative estimate of drug-likeness (QED) is 0.616. The van der Waals surface area contributed by atoms with Gasteiger partial charge in [-0.2, -0.15) is 0 Å². The zero-order valence-corrected chi connectivity index (χ0v) is 6.84. The van der Waals surface area contributed by atoms with Crippen molar-refractivity contribution in [2.45, 2.75) is 38.5 Å². The van der Waals surface area contributed by atoms with Crippen LogP contribution < -0.4 is 0 Å². The van der Waals surface area contributed by atoms with Gasteiger partial charge >= 0.3 is 0 Å². The van der Waals surface area contributed by atoms with Gasteiger partial charge in [0.25, 0.3) is 0 Å². The van der Waals surface area contributed by atoms with Crippen molar-refractivity contribution >= 4 is 0 Å². The zero-order chi connectivity index (χ0) is 7.68. The Balaban J connectivity index is 2.15. The molecule has 0 bridgehead atoms. The number of rotatable bonds is 1. The summed E-state index contributed by atoms with van der Waals surface area (Å²) in [5.41, 5.74) is 0. The van der Waals surface area contributed by atoms with Crippen LogP contribution in [0.4, 0.5) is 0 Å². The molecule has 0 N–H and O–H groups in total. The van der Waals surface area contributed by atoms with Crippen molar-refractivity contribution < 1.29 is 4.42 Å². The van der Waals surface area contributed by atoms with E-state index in [-0.39, 0.29) is 0 Å². The molecule has 1 heterocycles. The van der Waals surface area contributed by atoms with E-state index >= 15 is 0 Å². The molecule has 0 atom stereocenters. The van der Waals surface area contributed by atoms with Crippen molar-refractivity contribution in [3.05, 3.63) is 17.8 Å². The van der Waals surface area contributed by atoms with E-state index in [4.69, 9.17) is 4.42 Å². The summed E-state index contributed by atoms with van der Waals surface area (Å²) in [7, 11) is 0. The monoisotopic (exact) mass is 151 g/mol. The smallest absolute Gasteiger partial charge is 0.191 e. The minimum absolute atomic E-state index is 0.663. The Morgan fingerprint density at radius 3 is 2.73 bits per heavy atom. The lowest BCUT2D eigenvalue weighted by Gasteiger charge is -2.01. The maximum absolute atomic E-state index is 5.46. The van der Waals surface area contributed by atoms with Crippen LogP contribution in [0.1, 0.15) is 43.3 Å². The lowest BCUT2D eigenvalue weighted by Crippen LogP contribution is -1.87. The second-order valence-electron chi connectivity index (χ2n) is 3.26. The Morgan fingerprint density at radius 2 is 2.18 bits per heavy atom. The second kappa shape index (κ2) is 2.68. The molecule has 0 aromatic carbocycles. The molecule has 1 aliphatic rings. The minimum atomic E-state index is 0.663. The van der Waals surface area contributed by atoms with Gasteiger partial charge in [-0.15, -0.1) is 0 Å². The molecular formula is C9H13NO. The van der Waals surface area contributed by atoms with Crippen LogP contribution in [0.25, 0.3) is 0 Å². The van der Waals surface area contributed by atoms with Gasteiger partial charge in [0.1, 0.15) is 5.76 Å². The van der Waals surface area contributed by atoms with Crippen LogP contribution in [0.15, 0.2) is 10.6 Å². The van der Waals surface area contributed by atoms with Crippen LogP contribution in [0.2, 0.25) is 0 Å². The molecule has 0 spiro atoms. The van der Waals surface area contributed by atoms with Crippen LogP contribution in [0, 0.1) is 6.92 Å². The molecule has 11 heavy (non-hydrogen) atoms. The maximum atomic E-state index is 5.46. The summed E-state index contributed by atoms with van der Waals surface area (Å²) in [6, 6.07) is 0. The molecule has 0 saturated heterocycles. The van der Waals surface area contributed by atoms with E-state index in [2.05, 4.69) is 4.98 Å². The van der Waals surface area contributed by atoms with Gasteiger partial charge in [0.2, 0.25) is 0 Å². The number of oxazole rings is 1. The Bertz CT molecular complexity index is 235. The number of hydrogen-bond donors (Lipinski definition) is 0. The summed E-state index contributed by atoms with van der Waals surface area (Å²) in [6.45, 7) is 1.90. The van der Waals surface area contributed by atoms with E-state index in [1.54, 1.807) is 0 Å². The molecule has 0 aliphatic heterocycles. The normalized spacial score (nSPS) is 19.4. The molecule has 0 amide bonds. The molecule has 2 rings (SSSR count). The van der Waals surface area contributed by atoms with E-state index in [1.807, 2.05) is 13.1 Å².